The summed E-state index contributed by atoms with van der Waals surface area (Å²) in [7, 11) is 0. The largest absolute Gasteiger partial charge is 0.434 e. The molecule has 6 heteroatoms. The van der Waals surface area contributed by atoms with E-state index in [0.717, 1.165) is 0 Å². The predicted octanol–water partition coefficient (Wildman–Crippen LogP) is 2.64. The number of para-hydroxylation sites is 1. The van der Waals surface area contributed by atoms with Crippen molar-refractivity contribution in [2.45, 2.75) is 19.3 Å². The molecule has 0 spiro atoms. The molecule has 0 fully saturated rings. The van der Waals surface area contributed by atoms with Gasteiger partial charge >= 0.3 is 6.61 Å². The molecule has 0 radical (unpaired) electrons. The second kappa shape index (κ2) is 7.51. The Kier molecular flexibility index (Phi) is 5.43. The SMILES string of the molecule is O=C(NCc1ccccc1OC(F)F)C(O)c1ccccc1. The number of rotatable bonds is 6. The molecule has 2 aromatic rings. The maximum atomic E-state index is 12.3. The highest BCUT2D eigenvalue weighted by atomic mass is 19.3. The van der Waals surface area contributed by atoms with Crippen LogP contribution in [-0.4, -0.2) is 17.6 Å². The molecule has 0 saturated carbocycles. The van der Waals surface area contributed by atoms with Gasteiger partial charge in [0.15, 0.2) is 6.10 Å². The molecule has 0 bridgehead atoms. The zero-order chi connectivity index (χ0) is 15.9. The number of nitrogens with one attached hydrogen (secondary N) is 1. The lowest BCUT2D eigenvalue weighted by Gasteiger charge is -2.14. The van der Waals surface area contributed by atoms with Gasteiger partial charge in [-0.3, -0.25) is 4.79 Å². The highest BCUT2D eigenvalue weighted by Crippen LogP contribution is 2.20. The molecule has 0 aliphatic heterocycles. The first kappa shape index (κ1) is 15.9. The number of halogens is 2. The number of carbonyl (C=O) groups is 1. The van der Waals surface area contributed by atoms with Crippen molar-refractivity contribution in [2.24, 2.45) is 0 Å². The fourth-order valence-electron chi connectivity index (χ4n) is 1.93. The summed E-state index contributed by atoms with van der Waals surface area (Å²) >= 11 is 0. The zero-order valence-electron chi connectivity index (χ0n) is 11.6. The van der Waals surface area contributed by atoms with Crippen LogP contribution in [-0.2, 0) is 11.3 Å². The van der Waals surface area contributed by atoms with Crippen LogP contribution in [0.2, 0.25) is 0 Å². The normalized spacial score (nSPS) is 12.0. The van der Waals surface area contributed by atoms with Crippen molar-refractivity contribution in [1.82, 2.24) is 5.32 Å². The van der Waals surface area contributed by atoms with Crippen LogP contribution >= 0.6 is 0 Å². The van der Waals surface area contributed by atoms with Crippen molar-refractivity contribution in [1.29, 1.82) is 0 Å². The van der Waals surface area contributed by atoms with E-state index in [2.05, 4.69) is 10.1 Å². The highest BCUT2D eigenvalue weighted by molar-refractivity contribution is 5.81. The Hall–Kier alpha value is -2.47. The van der Waals surface area contributed by atoms with Crippen LogP contribution in [0.5, 0.6) is 5.75 Å². The third-order valence-electron chi connectivity index (χ3n) is 3.01. The van der Waals surface area contributed by atoms with E-state index in [0.29, 0.717) is 11.1 Å². The van der Waals surface area contributed by atoms with Gasteiger partial charge in [0.1, 0.15) is 5.75 Å². The molecule has 0 heterocycles. The Morgan fingerprint density at radius 2 is 1.73 bits per heavy atom. The number of ether oxygens (including phenoxy) is 1. The third-order valence-corrected chi connectivity index (χ3v) is 3.01. The molecule has 1 amide bonds. The molecule has 4 nitrogen and oxygen atoms in total. The number of alkyl halides is 2. The van der Waals surface area contributed by atoms with E-state index in [9.17, 15) is 18.7 Å². The Balaban J connectivity index is 1.99. The summed E-state index contributed by atoms with van der Waals surface area (Å²) in [6.07, 6.45) is -1.32. The van der Waals surface area contributed by atoms with Gasteiger partial charge in [-0.15, -0.1) is 0 Å². The maximum absolute atomic E-state index is 12.3. The number of hydrogen-bond donors (Lipinski definition) is 2. The number of aliphatic hydroxyl groups excluding tert-OH is 1. The van der Waals surface area contributed by atoms with Crippen LogP contribution in [0.3, 0.4) is 0 Å². The molecule has 2 N–H and O–H groups in total. The second-order valence-electron chi connectivity index (χ2n) is 4.52. The van der Waals surface area contributed by atoms with Gasteiger partial charge < -0.3 is 15.2 Å². The first-order chi connectivity index (χ1) is 10.6. The molecule has 1 atom stereocenters. The van der Waals surface area contributed by atoms with Gasteiger partial charge in [0.25, 0.3) is 5.91 Å². The van der Waals surface area contributed by atoms with E-state index in [-0.39, 0.29) is 12.3 Å². The van der Waals surface area contributed by atoms with Crippen molar-refractivity contribution in [3.63, 3.8) is 0 Å². The minimum absolute atomic E-state index is 0.00741. The molecule has 0 saturated heterocycles. The minimum atomic E-state index is -2.94. The summed E-state index contributed by atoms with van der Waals surface area (Å²) in [5, 5.41) is 12.4. The molecule has 2 rings (SSSR count). The molecule has 0 aliphatic rings. The molecule has 22 heavy (non-hydrogen) atoms. The number of benzene rings is 2. The summed E-state index contributed by atoms with van der Waals surface area (Å²) in [6.45, 7) is -2.96. The summed E-state index contributed by atoms with van der Waals surface area (Å²) in [4.78, 5) is 11.9. The highest BCUT2D eigenvalue weighted by Gasteiger charge is 2.17. The quantitative estimate of drug-likeness (QED) is 0.862. The van der Waals surface area contributed by atoms with Gasteiger partial charge in [-0.25, -0.2) is 0 Å². The van der Waals surface area contributed by atoms with E-state index in [1.54, 1.807) is 48.5 Å². The summed E-state index contributed by atoms with van der Waals surface area (Å²) in [5.41, 5.74) is 0.855. The fraction of sp³-hybridized carbons (Fsp3) is 0.188. The van der Waals surface area contributed by atoms with Crippen molar-refractivity contribution >= 4 is 5.91 Å². The topological polar surface area (TPSA) is 58.6 Å². The lowest BCUT2D eigenvalue weighted by Crippen LogP contribution is -2.29. The van der Waals surface area contributed by atoms with Crippen LogP contribution in [0.4, 0.5) is 8.78 Å². The van der Waals surface area contributed by atoms with Crippen molar-refractivity contribution in [2.75, 3.05) is 0 Å². The molecule has 0 aliphatic carbocycles. The van der Waals surface area contributed by atoms with Gasteiger partial charge in [-0.1, -0.05) is 48.5 Å². The summed E-state index contributed by atoms with van der Waals surface area (Å²) < 4.78 is 29.0. The van der Waals surface area contributed by atoms with Gasteiger partial charge in [0.2, 0.25) is 0 Å². The minimum Gasteiger partial charge on any atom is -0.434 e. The standard InChI is InChI=1S/C16H15F2NO3/c17-16(18)22-13-9-5-4-8-12(13)10-19-15(21)14(20)11-6-2-1-3-7-11/h1-9,14,16,20H,10H2,(H,19,21). The number of hydrogen-bond acceptors (Lipinski definition) is 3. The lowest BCUT2D eigenvalue weighted by atomic mass is 10.1. The van der Waals surface area contributed by atoms with Crippen LogP contribution in [0.1, 0.15) is 17.2 Å². The first-order valence-corrected chi connectivity index (χ1v) is 6.61. The Morgan fingerprint density at radius 1 is 1.09 bits per heavy atom. The van der Waals surface area contributed by atoms with Gasteiger partial charge in [-0.2, -0.15) is 8.78 Å². The van der Waals surface area contributed by atoms with Crippen molar-refractivity contribution in [3.05, 3.63) is 65.7 Å². The van der Waals surface area contributed by atoms with E-state index < -0.39 is 18.6 Å². The monoisotopic (exact) mass is 307 g/mol. The number of carbonyl (C=O) groups excluding carboxylic acids is 1. The van der Waals surface area contributed by atoms with E-state index in [1.807, 2.05) is 0 Å². The summed E-state index contributed by atoms with van der Waals surface area (Å²) in [6, 6.07) is 14.6. The summed E-state index contributed by atoms with van der Waals surface area (Å²) in [5.74, 6) is -0.620. The van der Waals surface area contributed by atoms with Crippen molar-refractivity contribution < 1.29 is 23.4 Å². The van der Waals surface area contributed by atoms with Gasteiger partial charge in [0.05, 0.1) is 0 Å². The van der Waals surface area contributed by atoms with E-state index in [1.165, 1.54) is 6.07 Å². The fourth-order valence-corrected chi connectivity index (χ4v) is 1.93. The smallest absolute Gasteiger partial charge is 0.387 e. The molecular formula is C16H15F2NO3. The average Bonchev–Trinajstić information content (AvgIpc) is 2.53. The molecule has 2 aromatic carbocycles. The van der Waals surface area contributed by atoms with E-state index in [4.69, 9.17) is 0 Å². The molecule has 1 unspecified atom stereocenters. The molecular weight excluding hydrogens is 292 g/mol. The van der Waals surface area contributed by atoms with Crippen LogP contribution in [0, 0.1) is 0 Å². The number of amides is 1. The molecule has 116 valence electrons. The van der Waals surface area contributed by atoms with Gasteiger partial charge in [-0.05, 0) is 11.6 Å². The Bertz CT molecular complexity index is 620. The average molecular weight is 307 g/mol. The van der Waals surface area contributed by atoms with Gasteiger partial charge in [0, 0.05) is 12.1 Å². The second-order valence-corrected chi connectivity index (χ2v) is 4.52. The van der Waals surface area contributed by atoms with Crippen LogP contribution in [0.25, 0.3) is 0 Å². The predicted molar refractivity (Wildman–Crippen MR) is 76.3 cm³/mol. The Morgan fingerprint density at radius 3 is 2.41 bits per heavy atom. The van der Waals surface area contributed by atoms with Crippen LogP contribution < -0.4 is 10.1 Å². The van der Waals surface area contributed by atoms with Crippen LogP contribution in [0.15, 0.2) is 54.6 Å². The Labute approximate surface area is 126 Å². The lowest BCUT2D eigenvalue weighted by molar-refractivity contribution is -0.129. The number of aliphatic hydroxyl groups is 1. The van der Waals surface area contributed by atoms with E-state index >= 15 is 0 Å². The zero-order valence-corrected chi connectivity index (χ0v) is 11.6. The molecule has 0 aromatic heterocycles. The third kappa shape index (κ3) is 4.26. The van der Waals surface area contributed by atoms with Crippen molar-refractivity contribution in [3.8, 4) is 5.75 Å². The maximum Gasteiger partial charge on any atom is 0.387 e. The first-order valence-electron chi connectivity index (χ1n) is 6.61.